The van der Waals surface area contributed by atoms with Crippen LogP contribution in [-0.2, 0) is 6.54 Å². The zero-order chi connectivity index (χ0) is 16.1. The number of benzene rings is 2. The van der Waals surface area contributed by atoms with Crippen LogP contribution in [0.5, 0.6) is 11.5 Å². The molecule has 23 heavy (non-hydrogen) atoms. The summed E-state index contributed by atoms with van der Waals surface area (Å²) in [5, 5.41) is 0.708. The van der Waals surface area contributed by atoms with E-state index in [2.05, 4.69) is 28.6 Å². The van der Waals surface area contributed by atoms with Crippen LogP contribution in [0.4, 0.5) is 0 Å². The highest BCUT2D eigenvalue weighted by Gasteiger charge is 2.06. The Hall–Kier alpha value is -2.26. The largest absolute Gasteiger partial charge is 0.457 e. The van der Waals surface area contributed by atoms with Gasteiger partial charge in [-0.2, -0.15) is 0 Å². The van der Waals surface area contributed by atoms with Crippen LogP contribution in [0.2, 0.25) is 5.02 Å². The molecular weight excluding hydrogens is 308 g/mol. The first kappa shape index (κ1) is 15.6. The molecule has 0 fully saturated rings. The third-order valence-corrected chi connectivity index (χ3v) is 4.13. The van der Waals surface area contributed by atoms with E-state index >= 15 is 0 Å². The minimum Gasteiger partial charge on any atom is -0.457 e. The summed E-state index contributed by atoms with van der Waals surface area (Å²) in [6, 6.07) is 15.7. The normalized spacial score (nSPS) is 12.1. The first-order valence-corrected chi connectivity index (χ1v) is 8.07. The molecule has 0 saturated carbocycles. The second-order valence-electron chi connectivity index (χ2n) is 5.62. The monoisotopic (exact) mass is 326 g/mol. The summed E-state index contributed by atoms with van der Waals surface area (Å²) < 4.78 is 7.92. The molecule has 0 aliphatic rings. The molecule has 1 unspecified atom stereocenters. The van der Waals surface area contributed by atoms with Crippen LogP contribution in [0.3, 0.4) is 0 Å². The van der Waals surface area contributed by atoms with E-state index in [-0.39, 0.29) is 0 Å². The third kappa shape index (κ3) is 4.36. The molecule has 3 rings (SSSR count). The number of hydrogen-bond acceptors (Lipinski definition) is 2. The highest BCUT2D eigenvalue weighted by Crippen LogP contribution is 2.26. The van der Waals surface area contributed by atoms with Gasteiger partial charge in [-0.15, -0.1) is 0 Å². The second-order valence-corrected chi connectivity index (χ2v) is 6.05. The maximum Gasteiger partial charge on any atom is 0.127 e. The molecule has 1 aromatic heterocycles. The van der Waals surface area contributed by atoms with Gasteiger partial charge in [-0.25, -0.2) is 4.98 Å². The fourth-order valence-electron chi connectivity index (χ4n) is 2.43. The quantitative estimate of drug-likeness (QED) is 0.596. The van der Waals surface area contributed by atoms with Crippen LogP contribution in [0.25, 0.3) is 0 Å². The third-order valence-electron chi connectivity index (χ3n) is 3.88. The van der Waals surface area contributed by atoms with E-state index in [0.29, 0.717) is 10.9 Å². The van der Waals surface area contributed by atoms with Crippen molar-refractivity contribution >= 4 is 11.6 Å². The molecule has 3 nitrogen and oxygen atoms in total. The highest BCUT2D eigenvalue weighted by atomic mass is 35.5. The number of ether oxygens (including phenoxy) is 1. The van der Waals surface area contributed by atoms with Crippen LogP contribution >= 0.6 is 11.6 Å². The summed E-state index contributed by atoms with van der Waals surface area (Å²) in [4.78, 5) is 4.07. The van der Waals surface area contributed by atoms with E-state index in [9.17, 15) is 0 Å². The van der Waals surface area contributed by atoms with Gasteiger partial charge in [-0.3, -0.25) is 0 Å². The molecule has 0 aliphatic heterocycles. The molecule has 0 radical (unpaired) electrons. The second kappa shape index (κ2) is 7.34. The first-order valence-electron chi connectivity index (χ1n) is 7.70. The lowest BCUT2D eigenvalue weighted by molar-refractivity contribution is 0.482. The van der Waals surface area contributed by atoms with Gasteiger partial charge in [0.2, 0.25) is 0 Å². The van der Waals surface area contributed by atoms with Crippen molar-refractivity contribution in [1.82, 2.24) is 9.55 Å². The Balaban J connectivity index is 1.58. The topological polar surface area (TPSA) is 27.1 Å². The zero-order valence-corrected chi connectivity index (χ0v) is 13.8. The van der Waals surface area contributed by atoms with Crippen molar-refractivity contribution in [3.05, 3.63) is 77.8 Å². The minimum atomic E-state index is 0.488. The Kier molecular flexibility index (Phi) is 4.99. The number of rotatable bonds is 6. The number of aryl methyl sites for hydroxylation is 1. The molecule has 1 atom stereocenters. The van der Waals surface area contributed by atoms with E-state index in [0.717, 1.165) is 24.5 Å². The minimum absolute atomic E-state index is 0.488. The molecule has 0 N–H and O–H groups in total. The molecule has 2 aromatic carbocycles. The Labute approximate surface area is 141 Å². The number of aromatic nitrogens is 2. The SMILES string of the molecule is CC(CCn1ccnc1)c1ccc(Oc2ccc(Cl)cc2)cc1. The average Bonchev–Trinajstić information content (AvgIpc) is 3.09. The van der Waals surface area contributed by atoms with Gasteiger partial charge in [0, 0.05) is 24.0 Å². The predicted molar refractivity (Wildman–Crippen MR) is 93.2 cm³/mol. The summed E-state index contributed by atoms with van der Waals surface area (Å²) in [6.07, 6.45) is 6.74. The van der Waals surface area contributed by atoms with Crippen molar-refractivity contribution in [3.63, 3.8) is 0 Å². The van der Waals surface area contributed by atoms with Crippen LogP contribution in [0.1, 0.15) is 24.8 Å². The Bertz CT molecular complexity index is 721. The van der Waals surface area contributed by atoms with Gasteiger partial charge in [-0.1, -0.05) is 30.7 Å². The van der Waals surface area contributed by atoms with Crippen molar-refractivity contribution < 1.29 is 4.74 Å². The van der Waals surface area contributed by atoms with Crippen molar-refractivity contribution in [2.45, 2.75) is 25.8 Å². The molecule has 0 amide bonds. The fourth-order valence-corrected chi connectivity index (χ4v) is 2.56. The van der Waals surface area contributed by atoms with E-state index in [1.165, 1.54) is 5.56 Å². The van der Waals surface area contributed by atoms with Gasteiger partial charge in [-0.05, 0) is 54.3 Å². The summed E-state index contributed by atoms with van der Waals surface area (Å²) >= 11 is 5.88. The standard InChI is InChI=1S/C19H19ClN2O/c1-15(10-12-22-13-11-21-14-22)16-2-6-18(7-3-16)23-19-8-4-17(20)5-9-19/h2-9,11,13-15H,10,12H2,1H3. The van der Waals surface area contributed by atoms with Crippen molar-refractivity contribution in [2.75, 3.05) is 0 Å². The number of halogens is 1. The number of nitrogens with zero attached hydrogens (tertiary/aromatic N) is 2. The Morgan fingerprint density at radius 2 is 1.70 bits per heavy atom. The molecular formula is C19H19ClN2O. The molecule has 3 aromatic rings. The molecule has 4 heteroatoms. The fraction of sp³-hybridized carbons (Fsp3) is 0.211. The highest BCUT2D eigenvalue weighted by molar-refractivity contribution is 6.30. The maximum atomic E-state index is 5.88. The first-order chi connectivity index (χ1) is 11.2. The lowest BCUT2D eigenvalue weighted by atomic mass is 9.98. The molecule has 0 aliphatic carbocycles. The van der Waals surface area contributed by atoms with Gasteiger partial charge >= 0.3 is 0 Å². The van der Waals surface area contributed by atoms with E-state index in [1.807, 2.05) is 55.1 Å². The lowest BCUT2D eigenvalue weighted by Gasteiger charge is -2.13. The van der Waals surface area contributed by atoms with Crippen LogP contribution in [0, 0.1) is 0 Å². The van der Waals surface area contributed by atoms with E-state index in [1.54, 1.807) is 0 Å². The molecule has 0 saturated heterocycles. The zero-order valence-electron chi connectivity index (χ0n) is 13.0. The number of imidazole rings is 1. The van der Waals surface area contributed by atoms with Crippen LogP contribution in [-0.4, -0.2) is 9.55 Å². The van der Waals surface area contributed by atoms with E-state index < -0.39 is 0 Å². The average molecular weight is 327 g/mol. The predicted octanol–water partition coefficient (Wildman–Crippen LogP) is 5.52. The molecule has 0 spiro atoms. The van der Waals surface area contributed by atoms with E-state index in [4.69, 9.17) is 16.3 Å². The summed E-state index contributed by atoms with van der Waals surface area (Å²) in [7, 11) is 0. The van der Waals surface area contributed by atoms with Crippen LogP contribution in [0.15, 0.2) is 67.3 Å². The van der Waals surface area contributed by atoms with Gasteiger partial charge in [0.05, 0.1) is 6.33 Å². The van der Waals surface area contributed by atoms with Gasteiger partial charge in [0.25, 0.3) is 0 Å². The van der Waals surface area contributed by atoms with Gasteiger partial charge in [0.15, 0.2) is 0 Å². The van der Waals surface area contributed by atoms with Crippen molar-refractivity contribution in [1.29, 1.82) is 0 Å². The summed E-state index contributed by atoms with van der Waals surface area (Å²) in [5.41, 5.74) is 1.31. The van der Waals surface area contributed by atoms with Gasteiger partial charge < -0.3 is 9.30 Å². The van der Waals surface area contributed by atoms with Crippen LogP contribution < -0.4 is 4.74 Å². The molecule has 118 valence electrons. The Morgan fingerprint density at radius 3 is 2.30 bits per heavy atom. The van der Waals surface area contributed by atoms with Gasteiger partial charge in [0.1, 0.15) is 11.5 Å². The van der Waals surface area contributed by atoms with Crippen molar-refractivity contribution in [3.8, 4) is 11.5 Å². The van der Waals surface area contributed by atoms with Crippen molar-refractivity contribution in [2.24, 2.45) is 0 Å². The lowest BCUT2D eigenvalue weighted by Crippen LogP contribution is -2.01. The Morgan fingerprint density at radius 1 is 1.04 bits per heavy atom. The molecule has 1 heterocycles. The number of hydrogen-bond donors (Lipinski definition) is 0. The summed E-state index contributed by atoms with van der Waals surface area (Å²) in [6.45, 7) is 3.22. The smallest absolute Gasteiger partial charge is 0.127 e. The molecule has 0 bridgehead atoms. The maximum absolute atomic E-state index is 5.88. The summed E-state index contributed by atoms with van der Waals surface area (Å²) in [5.74, 6) is 2.11.